The number of aromatic nitrogens is 1. The predicted molar refractivity (Wildman–Crippen MR) is 108 cm³/mol. The monoisotopic (exact) mass is 456 g/mol. The first-order chi connectivity index (χ1) is 12.3. The number of pyridine rings is 1. The highest BCUT2D eigenvalue weighted by molar-refractivity contribution is 9.10. The first kappa shape index (κ1) is 21.3. The summed E-state index contributed by atoms with van der Waals surface area (Å²) in [6, 6.07) is 6.13. The second kappa shape index (κ2) is 8.33. The number of amides is 1. The van der Waals surface area contributed by atoms with Crippen LogP contribution in [0.25, 0.3) is 0 Å². The number of amidine groups is 1. The molecule has 0 saturated carbocycles. The first-order valence-electron chi connectivity index (χ1n) is 7.94. The number of carbonyl (C=O) groups excluding carboxylic acids is 1. The van der Waals surface area contributed by atoms with E-state index in [2.05, 4.69) is 31.2 Å². The third-order valence-electron chi connectivity index (χ3n) is 4.09. The number of benzene rings is 1. The number of hydrogen-bond acceptors (Lipinski definition) is 5. The zero-order valence-electron chi connectivity index (χ0n) is 14.8. The van der Waals surface area contributed by atoms with Gasteiger partial charge < -0.3 is 15.8 Å². The van der Waals surface area contributed by atoms with Crippen molar-refractivity contribution in [2.75, 3.05) is 18.5 Å². The van der Waals surface area contributed by atoms with E-state index in [1.165, 1.54) is 12.1 Å². The number of nitrogens with one attached hydrogen (secondary N) is 1. The van der Waals surface area contributed by atoms with E-state index in [4.69, 9.17) is 10.5 Å². The van der Waals surface area contributed by atoms with Gasteiger partial charge in [-0.1, -0.05) is 0 Å². The molecule has 0 radical (unpaired) electrons. The van der Waals surface area contributed by atoms with Crippen LogP contribution in [0.2, 0.25) is 0 Å². The lowest BCUT2D eigenvalue weighted by Crippen LogP contribution is -2.38. The molecule has 27 heavy (non-hydrogen) atoms. The minimum absolute atomic E-state index is 0. The Kier molecular flexibility index (Phi) is 6.56. The van der Waals surface area contributed by atoms with E-state index < -0.39 is 11.4 Å². The molecule has 0 spiro atoms. The average Bonchev–Trinajstić information content (AvgIpc) is 2.56. The van der Waals surface area contributed by atoms with Gasteiger partial charge in [-0.05, 0) is 59.6 Å². The Morgan fingerprint density at radius 2 is 2.15 bits per heavy atom. The van der Waals surface area contributed by atoms with Crippen molar-refractivity contribution in [3.8, 4) is 0 Å². The predicted octanol–water partition coefficient (Wildman–Crippen LogP) is 3.57. The average molecular weight is 458 g/mol. The molecule has 0 fully saturated rings. The van der Waals surface area contributed by atoms with E-state index in [0.29, 0.717) is 22.8 Å². The van der Waals surface area contributed by atoms with Gasteiger partial charge in [0.05, 0.1) is 6.61 Å². The van der Waals surface area contributed by atoms with Gasteiger partial charge in [-0.25, -0.2) is 9.37 Å². The zero-order chi connectivity index (χ0) is 18.9. The quantitative estimate of drug-likeness (QED) is 0.737. The van der Waals surface area contributed by atoms with Gasteiger partial charge in [0.25, 0.3) is 5.91 Å². The Bertz CT molecular complexity index is 909. The molecule has 0 aliphatic carbocycles. The number of rotatable bonds is 3. The lowest BCUT2D eigenvalue weighted by Gasteiger charge is -2.30. The molecule has 2 heterocycles. The fourth-order valence-electron chi connectivity index (χ4n) is 2.86. The van der Waals surface area contributed by atoms with Crippen molar-refractivity contribution in [3.63, 3.8) is 0 Å². The van der Waals surface area contributed by atoms with Gasteiger partial charge in [0, 0.05) is 21.9 Å². The Morgan fingerprint density at radius 3 is 2.81 bits per heavy atom. The molecule has 3 rings (SSSR count). The topological polar surface area (TPSA) is 89.6 Å². The molecule has 0 bridgehead atoms. The maximum absolute atomic E-state index is 14.4. The summed E-state index contributed by atoms with van der Waals surface area (Å²) in [6.45, 7) is 3.96. The van der Waals surface area contributed by atoms with Crippen LogP contribution in [0.15, 0.2) is 39.9 Å². The Morgan fingerprint density at radius 1 is 1.41 bits per heavy atom. The summed E-state index contributed by atoms with van der Waals surface area (Å²) in [5.74, 6) is -0.506. The molecule has 1 aromatic carbocycles. The normalized spacial score (nSPS) is 19.0. The minimum Gasteiger partial charge on any atom is -0.386 e. The molecule has 0 saturated heterocycles. The highest BCUT2D eigenvalue weighted by atomic mass is 79.9. The second-order valence-corrected chi connectivity index (χ2v) is 7.25. The van der Waals surface area contributed by atoms with E-state index in [9.17, 15) is 9.18 Å². The highest BCUT2D eigenvalue weighted by Gasteiger charge is 2.33. The first-order valence-corrected chi connectivity index (χ1v) is 8.73. The van der Waals surface area contributed by atoms with Gasteiger partial charge in [0.15, 0.2) is 0 Å². The molecule has 6 nitrogen and oxygen atoms in total. The molecule has 1 aliphatic heterocycles. The van der Waals surface area contributed by atoms with Gasteiger partial charge in [-0.2, -0.15) is 0 Å². The van der Waals surface area contributed by atoms with Gasteiger partial charge in [-0.3, -0.25) is 9.79 Å². The number of ether oxygens (including phenoxy) is 1. The fraction of sp³-hybridized carbons (Fsp3) is 0.278. The summed E-state index contributed by atoms with van der Waals surface area (Å²) in [4.78, 5) is 21.0. The van der Waals surface area contributed by atoms with Crippen molar-refractivity contribution in [1.29, 1.82) is 0 Å². The number of nitrogens with two attached hydrogens (primary N) is 1. The van der Waals surface area contributed by atoms with Crippen molar-refractivity contribution in [3.05, 3.63) is 57.6 Å². The van der Waals surface area contributed by atoms with Crippen LogP contribution in [-0.2, 0) is 10.3 Å². The second-order valence-electron chi connectivity index (χ2n) is 6.34. The van der Waals surface area contributed by atoms with Crippen LogP contribution in [-0.4, -0.2) is 29.9 Å². The van der Waals surface area contributed by atoms with Crippen LogP contribution in [0.4, 0.5) is 10.1 Å². The number of anilines is 1. The van der Waals surface area contributed by atoms with Crippen molar-refractivity contribution in [1.82, 2.24) is 4.98 Å². The number of hydrogen-bond donors (Lipinski definition) is 2. The van der Waals surface area contributed by atoms with Crippen LogP contribution >= 0.6 is 28.3 Å². The molecule has 1 unspecified atom stereocenters. The molecule has 2 aromatic rings. The Balaban J connectivity index is 0.00000261. The smallest absolute Gasteiger partial charge is 0.274 e. The number of aliphatic imine (C=N–C) groups is 1. The standard InChI is InChI=1S/C18H18BrFN4O2.ClH/c1-10-5-11(19)7-22-16(10)17(25)23-12-3-4-14(20)13(6-12)18(2)9-26-8-15(21)24-18;/h3-7H,8-9H2,1-2H3,(H2,21,24)(H,23,25);1H. The summed E-state index contributed by atoms with van der Waals surface area (Å²) < 4.78 is 20.6. The van der Waals surface area contributed by atoms with Crippen molar-refractivity contribution < 1.29 is 13.9 Å². The van der Waals surface area contributed by atoms with Gasteiger partial charge >= 0.3 is 0 Å². The van der Waals surface area contributed by atoms with E-state index in [1.54, 1.807) is 32.2 Å². The molecule has 144 valence electrons. The van der Waals surface area contributed by atoms with E-state index >= 15 is 0 Å². The Hall–Kier alpha value is -2.03. The maximum Gasteiger partial charge on any atom is 0.274 e. The molecular formula is C18H19BrClFN4O2. The molecule has 3 N–H and O–H groups in total. The summed E-state index contributed by atoms with van der Waals surface area (Å²) >= 11 is 3.31. The molecule has 1 amide bonds. The number of aryl methyl sites for hydroxylation is 1. The van der Waals surface area contributed by atoms with Gasteiger partial charge in [0.1, 0.15) is 29.5 Å². The minimum atomic E-state index is -0.946. The third-order valence-corrected chi connectivity index (χ3v) is 4.52. The summed E-state index contributed by atoms with van der Waals surface area (Å²) in [5, 5.41) is 2.75. The molecular weight excluding hydrogens is 439 g/mol. The maximum atomic E-state index is 14.4. The van der Waals surface area contributed by atoms with Crippen LogP contribution in [0.5, 0.6) is 0 Å². The largest absolute Gasteiger partial charge is 0.386 e. The van der Waals surface area contributed by atoms with Gasteiger partial charge in [0.2, 0.25) is 0 Å². The van der Waals surface area contributed by atoms with Crippen molar-refractivity contribution in [2.24, 2.45) is 10.7 Å². The third kappa shape index (κ3) is 4.63. The van der Waals surface area contributed by atoms with Crippen LogP contribution in [0.1, 0.15) is 28.5 Å². The number of nitrogens with zero attached hydrogens (tertiary/aromatic N) is 2. The van der Waals surface area contributed by atoms with E-state index in [1.807, 2.05) is 0 Å². The van der Waals surface area contributed by atoms with E-state index in [-0.39, 0.29) is 31.5 Å². The number of halogens is 3. The lowest BCUT2D eigenvalue weighted by molar-refractivity contribution is 0.102. The summed E-state index contributed by atoms with van der Waals surface area (Å²) in [5.41, 5.74) is 6.57. The summed E-state index contributed by atoms with van der Waals surface area (Å²) in [7, 11) is 0. The van der Waals surface area contributed by atoms with Crippen LogP contribution in [0.3, 0.4) is 0 Å². The molecule has 1 aromatic heterocycles. The number of carbonyl (C=O) groups is 1. The Labute approximate surface area is 171 Å². The molecule has 1 atom stereocenters. The zero-order valence-corrected chi connectivity index (χ0v) is 17.2. The molecule has 1 aliphatic rings. The van der Waals surface area contributed by atoms with Crippen LogP contribution in [0, 0.1) is 12.7 Å². The lowest BCUT2D eigenvalue weighted by atomic mass is 9.92. The highest BCUT2D eigenvalue weighted by Crippen LogP contribution is 2.32. The fourth-order valence-corrected chi connectivity index (χ4v) is 3.30. The molecule has 9 heteroatoms. The van der Waals surface area contributed by atoms with Gasteiger partial charge in [-0.15, -0.1) is 12.4 Å². The van der Waals surface area contributed by atoms with Crippen molar-refractivity contribution >= 4 is 45.8 Å². The van der Waals surface area contributed by atoms with E-state index in [0.717, 1.165) is 10.0 Å². The van der Waals surface area contributed by atoms with Crippen LogP contribution < -0.4 is 11.1 Å². The van der Waals surface area contributed by atoms with Crippen molar-refractivity contribution in [2.45, 2.75) is 19.4 Å². The summed E-state index contributed by atoms with van der Waals surface area (Å²) in [6.07, 6.45) is 1.55. The SMILES string of the molecule is Cc1cc(Br)cnc1C(=O)Nc1ccc(F)c(C2(C)COCC(N)=N2)c1.Cl.